The lowest BCUT2D eigenvalue weighted by molar-refractivity contribution is 0.0988. The molecule has 4 rings (SSSR count). The summed E-state index contributed by atoms with van der Waals surface area (Å²) in [4.78, 5) is 24.5. The molecule has 4 aromatic rings. The highest BCUT2D eigenvalue weighted by Crippen LogP contribution is 2.41. The minimum atomic E-state index is -0.190. The standard InChI is InChI=1S/C20H16ClN3O3S2/c1-26-13-6-7-14(27-2)18-17(13)23-20(29-18)24(11-12-5-3-4-10-22-12)19(25)15-8-9-16(21)28-15/h3-10H,11H2,1-2H3. The Kier molecular flexibility index (Phi) is 5.66. The summed E-state index contributed by atoms with van der Waals surface area (Å²) in [6.07, 6.45) is 1.70. The Morgan fingerprint density at radius 2 is 1.86 bits per heavy atom. The molecule has 29 heavy (non-hydrogen) atoms. The van der Waals surface area contributed by atoms with Gasteiger partial charge in [0.1, 0.15) is 21.7 Å². The SMILES string of the molecule is COc1ccc(OC)c2sc(N(Cc3ccccn3)C(=O)c3ccc(Cl)s3)nc12. The number of rotatable bonds is 6. The van der Waals surface area contributed by atoms with Crippen LogP contribution >= 0.6 is 34.3 Å². The van der Waals surface area contributed by atoms with Crippen molar-refractivity contribution < 1.29 is 14.3 Å². The molecule has 0 fully saturated rings. The lowest BCUT2D eigenvalue weighted by Gasteiger charge is -2.18. The number of halogens is 1. The van der Waals surface area contributed by atoms with Crippen LogP contribution < -0.4 is 14.4 Å². The zero-order valence-corrected chi connectivity index (χ0v) is 18.0. The van der Waals surface area contributed by atoms with Crippen LogP contribution in [0.15, 0.2) is 48.7 Å². The Morgan fingerprint density at radius 1 is 1.07 bits per heavy atom. The third kappa shape index (κ3) is 3.91. The Morgan fingerprint density at radius 3 is 2.52 bits per heavy atom. The molecule has 3 heterocycles. The van der Waals surface area contributed by atoms with Crippen LogP contribution in [0.3, 0.4) is 0 Å². The first-order chi connectivity index (χ1) is 14.1. The number of amides is 1. The normalized spacial score (nSPS) is 10.9. The van der Waals surface area contributed by atoms with Gasteiger partial charge in [0.25, 0.3) is 5.91 Å². The van der Waals surface area contributed by atoms with E-state index in [0.29, 0.717) is 31.4 Å². The average molecular weight is 446 g/mol. The molecule has 0 spiro atoms. The highest BCUT2D eigenvalue weighted by molar-refractivity contribution is 7.23. The van der Waals surface area contributed by atoms with Gasteiger partial charge in [-0.05, 0) is 36.4 Å². The highest BCUT2D eigenvalue weighted by atomic mass is 35.5. The number of thiophene rings is 1. The molecule has 0 saturated carbocycles. The van der Waals surface area contributed by atoms with E-state index in [1.54, 1.807) is 43.5 Å². The monoisotopic (exact) mass is 445 g/mol. The van der Waals surface area contributed by atoms with Crippen LogP contribution in [0.1, 0.15) is 15.4 Å². The van der Waals surface area contributed by atoms with Crippen molar-refractivity contribution in [2.45, 2.75) is 6.54 Å². The first-order valence-corrected chi connectivity index (χ1v) is 10.6. The zero-order chi connectivity index (χ0) is 20.4. The van der Waals surface area contributed by atoms with Gasteiger partial charge in [0.15, 0.2) is 5.13 Å². The number of fused-ring (bicyclic) bond motifs is 1. The largest absolute Gasteiger partial charge is 0.495 e. The molecule has 1 amide bonds. The number of aromatic nitrogens is 2. The molecule has 0 atom stereocenters. The van der Waals surface area contributed by atoms with E-state index < -0.39 is 0 Å². The van der Waals surface area contributed by atoms with Crippen molar-refractivity contribution in [1.82, 2.24) is 9.97 Å². The third-order valence-electron chi connectivity index (χ3n) is 4.21. The summed E-state index contributed by atoms with van der Waals surface area (Å²) in [5.74, 6) is 1.10. The average Bonchev–Trinajstić information content (AvgIpc) is 3.38. The van der Waals surface area contributed by atoms with E-state index >= 15 is 0 Å². The molecule has 6 nitrogen and oxygen atoms in total. The van der Waals surface area contributed by atoms with Crippen molar-refractivity contribution in [2.24, 2.45) is 0 Å². The van der Waals surface area contributed by atoms with E-state index in [9.17, 15) is 4.79 Å². The Hall–Kier alpha value is -2.68. The van der Waals surface area contributed by atoms with Gasteiger partial charge in [-0.3, -0.25) is 14.7 Å². The number of thiazole rings is 1. The maximum absolute atomic E-state index is 13.3. The van der Waals surface area contributed by atoms with Crippen molar-refractivity contribution in [2.75, 3.05) is 19.1 Å². The molecule has 3 aromatic heterocycles. The summed E-state index contributed by atoms with van der Waals surface area (Å²) in [7, 11) is 3.19. The van der Waals surface area contributed by atoms with Crippen LogP contribution in [0.5, 0.6) is 11.5 Å². The molecule has 0 N–H and O–H groups in total. The van der Waals surface area contributed by atoms with Crippen molar-refractivity contribution in [3.8, 4) is 11.5 Å². The van der Waals surface area contributed by atoms with Crippen molar-refractivity contribution in [3.63, 3.8) is 0 Å². The van der Waals surface area contributed by atoms with Gasteiger partial charge >= 0.3 is 0 Å². The Bertz CT molecular complexity index is 1120. The number of pyridine rings is 1. The predicted molar refractivity (Wildman–Crippen MR) is 117 cm³/mol. The van der Waals surface area contributed by atoms with Crippen LogP contribution in [-0.4, -0.2) is 30.1 Å². The highest BCUT2D eigenvalue weighted by Gasteiger charge is 2.25. The summed E-state index contributed by atoms with van der Waals surface area (Å²) >= 11 is 8.65. The van der Waals surface area contributed by atoms with Crippen LogP contribution in [0.25, 0.3) is 10.2 Å². The van der Waals surface area contributed by atoms with E-state index in [-0.39, 0.29) is 12.5 Å². The lowest BCUT2D eigenvalue weighted by Crippen LogP contribution is -2.30. The summed E-state index contributed by atoms with van der Waals surface area (Å²) in [5.41, 5.74) is 1.40. The van der Waals surface area contributed by atoms with Gasteiger partial charge in [-0.15, -0.1) is 11.3 Å². The number of anilines is 1. The van der Waals surface area contributed by atoms with E-state index in [0.717, 1.165) is 10.4 Å². The number of hydrogen-bond donors (Lipinski definition) is 0. The number of ether oxygens (including phenoxy) is 2. The number of methoxy groups -OCH3 is 2. The van der Waals surface area contributed by atoms with E-state index in [4.69, 9.17) is 26.1 Å². The fourth-order valence-corrected chi connectivity index (χ4v) is 4.90. The second-order valence-corrected chi connectivity index (χ2v) is 8.65. The molecule has 0 saturated heterocycles. The van der Waals surface area contributed by atoms with Crippen molar-refractivity contribution in [3.05, 3.63) is 63.6 Å². The molecule has 0 aliphatic rings. The smallest absolute Gasteiger partial charge is 0.270 e. The molecule has 9 heteroatoms. The van der Waals surface area contributed by atoms with E-state index in [1.807, 2.05) is 24.3 Å². The summed E-state index contributed by atoms with van der Waals surface area (Å²) in [6.45, 7) is 0.277. The van der Waals surface area contributed by atoms with Gasteiger partial charge in [0.05, 0.1) is 35.7 Å². The third-order valence-corrected chi connectivity index (χ3v) is 6.52. The van der Waals surface area contributed by atoms with Crippen molar-refractivity contribution in [1.29, 1.82) is 0 Å². The molecule has 0 radical (unpaired) electrons. The summed E-state index contributed by atoms with van der Waals surface area (Å²) < 4.78 is 12.3. The van der Waals surface area contributed by atoms with Gasteiger partial charge in [-0.25, -0.2) is 4.98 Å². The number of carbonyl (C=O) groups is 1. The minimum absolute atomic E-state index is 0.190. The van der Waals surface area contributed by atoms with Crippen LogP contribution in [0, 0.1) is 0 Å². The molecular formula is C20H16ClN3O3S2. The molecule has 0 bridgehead atoms. The Balaban J connectivity index is 1.83. The molecule has 1 aromatic carbocycles. The summed E-state index contributed by atoms with van der Waals surface area (Å²) in [6, 6.07) is 12.6. The topological polar surface area (TPSA) is 64.6 Å². The maximum atomic E-state index is 13.3. The van der Waals surface area contributed by atoms with Gasteiger partial charge in [0, 0.05) is 6.20 Å². The molecule has 0 unspecified atom stereocenters. The first kappa shape index (κ1) is 19.6. The molecule has 0 aliphatic heterocycles. The molecule has 0 aliphatic carbocycles. The lowest BCUT2D eigenvalue weighted by atomic mass is 10.3. The van der Waals surface area contributed by atoms with Crippen LogP contribution in [0.2, 0.25) is 4.34 Å². The maximum Gasteiger partial charge on any atom is 0.270 e. The fraction of sp³-hybridized carbons (Fsp3) is 0.150. The second-order valence-electron chi connectivity index (χ2n) is 5.96. The fourth-order valence-electron chi connectivity index (χ4n) is 2.83. The quantitative estimate of drug-likeness (QED) is 0.404. The van der Waals surface area contributed by atoms with Crippen molar-refractivity contribution >= 4 is 55.5 Å². The van der Waals surface area contributed by atoms with E-state index in [1.165, 1.54) is 22.7 Å². The number of carbonyl (C=O) groups excluding carboxylic acids is 1. The number of benzene rings is 1. The molecule has 148 valence electrons. The Labute approximate surface area is 180 Å². The van der Waals surface area contributed by atoms with Crippen LogP contribution in [0.4, 0.5) is 5.13 Å². The molecular weight excluding hydrogens is 430 g/mol. The predicted octanol–water partition coefficient (Wildman–Crippen LogP) is 5.27. The zero-order valence-electron chi connectivity index (χ0n) is 15.6. The minimum Gasteiger partial charge on any atom is -0.495 e. The van der Waals surface area contributed by atoms with Gasteiger partial charge < -0.3 is 9.47 Å². The van der Waals surface area contributed by atoms with Crippen LogP contribution in [-0.2, 0) is 6.54 Å². The summed E-state index contributed by atoms with van der Waals surface area (Å²) in [5, 5.41) is 0.531. The second kappa shape index (κ2) is 8.36. The van der Waals surface area contributed by atoms with Gasteiger partial charge in [-0.1, -0.05) is 29.0 Å². The van der Waals surface area contributed by atoms with Gasteiger partial charge in [0.2, 0.25) is 0 Å². The number of nitrogens with zero attached hydrogens (tertiary/aromatic N) is 3. The first-order valence-electron chi connectivity index (χ1n) is 8.59. The van der Waals surface area contributed by atoms with E-state index in [2.05, 4.69) is 4.98 Å². The number of hydrogen-bond acceptors (Lipinski definition) is 7. The van der Waals surface area contributed by atoms with Gasteiger partial charge in [-0.2, -0.15) is 0 Å².